The molecule has 0 amide bonds. The minimum absolute atomic E-state index is 0.512. The van der Waals surface area contributed by atoms with E-state index >= 15 is 0 Å². The molecule has 1 aliphatic rings. The molecule has 1 aliphatic heterocycles. The van der Waals surface area contributed by atoms with Crippen molar-refractivity contribution in [2.24, 2.45) is 10.7 Å². The quantitative estimate of drug-likeness (QED) is 0.408. The number of likely N-dealkylation sites (N-methyl/N-ethyl adjacent to an activating group) is 1. The van der Waals surface area contributed by atoms with E-state index in [0.29, 0.717) is 31.8 Å². The fraction of sp³-hybridized carbons (Fsp3) is 0.611. The van der Waals surface area contributed by atoms with Gasteiger partial charge in [0.2, 0.25) is 0 Å². The van der Waals surface area contributed by atoms with Crippen LogP contribution in [0.3, 0.4) is 0 Å². The molecule has 1 heterocycles. The molecular weight excluding hydrogens is 304 g/mol. The number of hydrogen-bond donors (Lipinski definition) is 2. The summed E-state index contributed by atoms with van der Waals surface area (Å²) in [7, 11) is 1.66. The van der Waals surface area contributed by atoms with E-state index in [-0.39, 0.29) is 0 Å². The molecule has 1 atom stereocenters. The van der Waals surface area contributed by atoms with E-state index in [2.05, 4.69) is 22.1 Å². The lowest BCUT2D eigenvalue weighted by Crippen LogP contribution is -2.42. The second kappa shape index (κ2) is 10.2. The highest BCUT2D eigenvalue weighted by molar-refractivity contribution is 5.77. The zero-order valence-electron chi connectivity index (χ0n) is 14.8. The summed E-state index contributed by atoms with van der Waals surface area (Å²) in [6.45, 7) is 7.08. The molecule has 3 N–H and O–H groups in total. The van der Waals surface area contributed by atoms with Crippen LogP contribution in [0, 0.1) is 0 Å². The van der Waals surface area contributed by atoms with Gasteiger partial charge in [0, 0.05) is 19.7 Å². The molecule has 24 heavy (non-hydrogen) atoms. The number of nitrogens with zero attached hydrogens (tertiary/aromatic N) is 2. The third-order valence-corrected chi connectivity index (χ3v) is 4.34. The number of methoxy groups -OCH3 is 1. The Morgan fingerprint density at radius 3 is 2.83 bits per heavy atom. The maximum atomic E-state index is 5.98. The molecular formula is C18H30N4O2. The summed E-state index contributed by atoms with van der Waals surface area (Å²) < 4.78 is 10.5. The number of nitrogens with one attached hydrogen (secondary N) is 1. The Kier molecular flexibility index (Phi) is 7.85. The summed E-state index contributed by atoms with van der Waals surface area (Å²) in [5.41, 5.74) is 7.09. The van der Waals surface area contributed by atoms with Crippen molar-refractivity contribution in [1.82, 2.24) is 10.2 Å². The van der Waals surface area contributed by atoms with Crippen LogP contribution in [0.2, 0.25) is 0 Å². The maximum absolute atomic E-state index is 5.98. The molecule has 1 aromatic rings. The number of aliphatic imine (C=N–C) groups is 1. The Morgan fingerprint density at radius 2 is 2.12 bits per heavy atom. The summed E-state index contributed by atoms with van der Waals surface area (Å²) in [5, 5.41) is 3.25. The zero-order valence-corrected chi connectivity index (χ0v) is 14.8. The molecule has 2 rings (SSSR count). The SMILES string of the molecule is CCN1CCCC1CNC(N)=NCc1ccc(OCCOC)cc1. The van der Waals surface area contributed by atoms with Crippen molar-refractivity contribution >= 4 is 5.96 Å². The van der Waals surface area contributed by atoms with Crippen molar-refractivity contribution in [1.29, 1.82) is 0 Å². The lowest BCUT2D eigenvalue weighted by atomic mass is 10.2. The third kappa shape index (κ3) is 6.02. The van der Waals surface area contributed by atoms with Gasteiger partial charge < -0.3 is 20.5 Å². The predicted octanol–water partition coefficient (Wildman–Crippen LogP) is 1.60. The summed E-state index contributed by atoms with van der Waals surface area (Å²) in [6.07, 6.45) is 2.51. The third-order valence-electron chi connectivity index (χ3n) is 4.34. The van der Waals surface area contributed by atoms with E-state index in [1.54, 1.807) is 7.11 Å². The normalized spacial score (nSPS) is 18.8. The fourth-order valence-electron chi connectivity index (χ4n) is 2.93. The first-order chi connectivity index (χ1) is 11.7. The van der Waals surface area contributed by atoms with Crippen molar-refractivity contribution in [3.63, 3.8) is 0 Å². The number of hydrogen-bond acceptors (Lipinski definition) is 4. The first-order valence-electron chi connectivity index (χ1n) is 8.71. The van der Waals surface area contributed by atoms with E-state index in [0.717, 1.165) is 24.4 Å². The Morgan fingerprint density at radius 1 is 1.33 bits per heavy atom. The highest BCUT2D eigenvalue weighted by Crippen LogP contribution is 2.15. The van der Waals surface area contributed by atoms with Crippen molar-refractivity contribution in [3.05, 3.63) is 29.8 Å². The predicted molar refractivity (Wildman–Crippen MR) is 97.4 cm³/mol. The van der Waals surface area contributed by atoms with Crippen LogP contribution >= 0.6 is 0 Å². The number of likely N-dealkylation sites (tertiary alicyclic amines) is 1. The number of nitrogens with two attached hydrogens (primary N) is 1. The van der Waals surface area contributed by atoms with Crippen molar-refractivity contribution < 1.29 is 9.47 Å². The Hall–Kier alpha value is -1.79. The van der Waals surface area contributed by atoms with Gasteiger partial charge in [-0.15, -0.1) is 0 Å². The van der Waals surface area contributed by atoms with Gasteiger partial charge in [0.15, 0.2) is 5.96 Å². The molecule has 1 saturated heterocycles. The highest BCUT2D eigenvalue weighted by atomic mass is 16.5. The summed E-state index contributed by atoms with van der Waals surface area (Å²) >= 11 is 0. The van der Waals surface area contributed by atoms with Gasteiger partial charge in [0.1, 0.15) is 12.4 Å². The van der Waals surface area contributed by atoms with Crippen LogP contribution in [0.4, 0.5) is 0 Å². The summed E-state index contributed by atoms with van der Waals surface area (Å²) in [5.74, 6) is 1.35. The van der Waals surface area contributed by atoms with Gasteiger partial charge in [-0.1, -0.05) is 19.1 Å². The molecule has 1 unspecified atom stereocenters. The minimum Gasteiger partial charge on any atom is -0.491 e. The molecule has 0 aliphatic carbocycles. The monoisotopic (exact) mass is 334 g/mol. The first kappa shape index (κ1) is 18.5. The van der Waals surface area contributed by atoms with Crippen molar-refractivity contribution in [2.45, 2.75) is 32.4 Å². The van der Waals surface area contributed by atoms with Crippen LogP contribution in [0.25, 0.3) is 0 Å². The molecule has 134 valence electrons. The summed E-state index contributed by atoms with van der Waals surface area (Å²) in [6, 6.07) is 8.49. The molecule has 1 fully saturated rings. The summed E-state index contributed by atoms with van der Waals surface area (Å²) in [4.78, 5) is 6.90. The average Bonchev–Trinajstić information content (AvgIpc) is 3.07. The Bertz CT molecular complexity index is 504. The van der Waals surface area contributed by atoms with Crippen LogP contribution in [0.15, 0.2) is 29.3 Å². The molecule has 6 nitrogen and oxygen atoms in total. The molecule has 0 saturated carbocycles. The standard InChI is InChI=1S/C18H30N4O2/c1-3-22-10-4-5-16(22)14-21-18(19)20-13-15-6-8-17(9-7-15)24-12-11-23-2/h6-9,16H,3-5,10-14H2,1-2H3,(H3,19,20,21). The smallest absolute Gasteiger partial charge is 0.188 e. The van der Waals surface area contributed by atoms with Gasteiger partial charge in [-0.3, -0.25) is 4.90 Å². The Labute approximate surface area is 145 Å². The highest BCUT2D eigenvalue weighted by Gasteiger charge is 2.22. The van der Waals surface area contributed by atoms with Gasteiger partial charge in [-0.05, 0) is 43.6 Å². The fourth-order valence-corrected chi connectivity index (χ4v) is 2.93. The van der Waals surface area contributed by atoms with Gasteiger partial charge in [-0.25, -0.2) is 4.99 Å². The average molecular weight is 334 g/mol. The largest absolute Gasteiger partial charge is 0.491 e. The van der Waals surface area contributed by atoms with E-state index in [4.69, 9.17) is 15.2 Å². The minimum atomic E-state index is 0.512. The van der Waals surface area contributed by atoms with Crippen LogP contribution in [-0.4, -0.2) is 56.9 Å². The number of benzene rings is 1. The molecule has 0 spiro atoms. The number of guanidine groups is 1. The van der Waals surface area contributed by atoms with Crippen LogP contribution < -0.4 is 15.8 Å². The van der Waals surface area contributed by atoms with E-state index in [9.17, 15) is 0 Å². The van der Waals surface area contributed by atoms with E-state index in [1.807, 2.05) is 24.3 Å². The van der Waals surface area contributed by atoms with E-state index in [1.165, 1.54) is 19.4 Å². The Balaban J connectivity index is 1.73. The van der Waals surface area contributed by atoms with Crippen LogP contribution in [0.1, 0.15) is 25.3 Å². The maximum Gasteiger partial charge on any atom is 0.188 e. The molecule has 1 aromatic carbocycles. The number of ether oxygens (including phenoxy) is 2. The van der Waals surface area contributed by atoms with Crippen molar-refractivity contribution in [2.75, 3.05) is 40.0 Å². The van der Waals surface area contributed by atoms with Gasteiger partial charge in [-0.2, -0.15) is 0 Å². The molecule has 0 radical (unpaired) electrons. The van der Waals surface area contributed by atoms with Crippen molar-refractivity contribution in [3.8, 4) is 5.75 Å². The molecule has 6 heteroatoms. The molecule has 0 bridgehead atoms. The molecule has 0 aromatic heterocycles. The lowest BCUT2D eigenvalue weighted by Gasteiger charge is -2.23. The number of rotatable bonds is 9. The van der Waals surface area contributed by atoms with Crippen LogP contribution in [0.5, 0.6) is 5.75 Å². The topological polar surface area (TPSA) is 72.1 Å². The van der Waals surface area contributed by atoms with Gasteiger partial charge >= 0.3 is 0 Å². The first-order valence-corrected chi connectivity index (χ1v) is 8.71. The van der Waals surface area contributed by atoms with E-state index < -0.39 is 0 Å². The van der Waals surface area contributed by atoms with Gasteiger partial charge in [0.25, 0.3) is 0 Å². The lowest BCUT2D eigenvalue weighted by molar-refractivity contribution is 0.146. The second-order valence-electron chi connectivity index (χ2n) is 5.99. The van der Waals surface area contributed by atoms with Crippen LogP contribution in [-0.2, 0) is 11.3 Å². The van der Waals surface area contributed by atoms with Gasteiger partial charge in [0.05, 0.1) is 13.2 Å². The zero-order chi connectivity index (χ0) is 17.2. The second-order valence-corrected chi connectivity index (χ2v) is 5.99.